The topological polar surface area (TPSA) is 119 Å². The lowest BCUT2D eigenvalue weighted by Gasteiger charge is -2.31. The molecule has 7 N–H and O–H groups in total. The molecule has 18 heavy (non-hydrogen) atoms. The number of benzene rings is 1. The molecule has 0 heterocycles. The fourth-order valence-corrected chi connectivity index (χ4v) is 1.46. The maximum atomic E-state index is 14.0. The molecule has 6 nitrogen and oxygen atoms in total. The molecule has 7 heteroatoms. The van der Waals surface area contributed by atoms with Gasteiger partial charge in [-0.2, -0.15) is 0 Å². The molecule has 0 aliphatic heterocycles. The Morgan fingerprint density at radius 1 is 1.33 bits per heavy atom. The summed E-state index contributed by atoms with van der Waals surface area (Å²) in [5, 5.41) is 36.6. The number of phenols is 2. The summed E-state index contributed by atoms with van der Waals surface area (Å²) in [5.41, 5.74) is 0.833. The van der Waals surface area contributed by atoms with Crippen LogP contribution >= 0.6 is 0 Å². The minimum absolute atomic E-state index is 0.104. The number of aliphatic hydroxyl groups is 2. The molecule has 0 radical (unpaired) electrons. The van der Waals surface area contributed by atoms with Crippen LogP contribution in [-0.4, -0.2) is 32.3 Å². The van der Waals surface area contributed by atoms with E-state index in [1.807, 2.05) is 0 Å². The maximum Gasteiger partial charge on any atom is 0.171 e. The lowest BCUT2D eigenvalue weighted by molar-refractivity contribution is -0.111. The number of nitrogens with one attached hydrogen (secondary N) is 1. The van der Waals surface area contributed by atoms with E-state index in [1.165, 1.54) is 13.0 Å². The van der Waals surface area contributed by atoms with Gasteiger partial charge >= 0.3 is 0 Å². The van der Waals surface area contributed by atoms with Gasteiger partial charge in [0.25, 0.3) is 0 Å². The highest BCUT2D eigenvalue weighted by atomic mass is 19.1. The van der Waals surface area contributed by atoms with E-state index in [0.717, 1.165) is 12.1 Å². The van der Waals surface area contributed by atoms with Crippen LogP contribution in [0.1, 0.15) is 25.1 Å². The van der Waals surface area contributed by atoms with Gasteiger partial charge < -0.3 is 20.4 Å². The minimum Gasteiger partial charge on any atom is -0.504 e. The molecule has 102 valence electrons. The molecule has 0 aromatic heterocycles. The predicted molar refractivity (Wildman–Crippen MR) is 62.2 cm³/mol. The summed E-state index contributed by atoms with van der Waals surface area (Å²) in [6.45, 7) is 1.35. The lowest BCUT2D eigenvalue weighted by Crippen LogP contribution is -2.55. The molecule has 0 spiro atoms. The van der Waals surface area contributed by atoms with Crippen LogP contribution in [0.15, 0.2) is 18.2 Å². The van der Waals surface area contributed by atoms with E-state index in [-0.39, 0.29) is 17.7 Å². The van der Waals surface area contributed by atoms with Crippen molar-refractivity contribution in [3.63, 3.8) is 0 Å². The van der Waals surface area contributed by atoms with E-state index in [1.54, 1.807) is 0 Å². The van der Waals surface area contributed by atoms with E-state index in [2.05, 4.69) is 5.43 Å². The first-order chi connectivity index (χ1) is 8.30. The third kappa shape index (κ3) is 3.08. The first kappa shape index (κ1) is 14.7. The molecule has 0 saturated carbocycles. The lowest BCUT2D eigenvalue weighted by atomic mass is 9.92. The molecule has 0 aliphatic rings. The molecule has 2 atom stereocenters. The van der Waals surface area contributed by atoms with E-state index in [9.17, 15) is 9.50 Å². The Bertz CT molecular complexity index is 416. The number of phenolic OH excluding ortho intramolecular Hbond substituents is 2. The van der Waals surface area contributed by atoms with Crippen molar-refractivity contribution >= 4 is 0 Å². The van der Waals surface area contributed by atoms with Crippen LogP contribution in [-0.2, 0) is 0 Å². The zero-order valence-electron chi connectivity index (χ0n) is 9.84. The number of hydrogen-bond acceptors (Lipinski definition) is 6. The standard InChI is InChI=1S/C11H17FN2O4/c1-11(14-13,10(17)18)5-7(12)6-2-3-8(15)9(16)4-6/h2-4,7,10,14-18H,5,13H2,1H3. The number of hydrogen-bond donors (Lipinski definition) is 6. The van der Waals surface area contributed by atoms with Gasteiger partial charge in [-0.05, 0) is 24.6 Å². The monoisotopic (exact) mass is 260 g/mol. The van der Waals surface area contributed by atoms with Crippen LogP contribution in [0.2, 0.25) is 0 Å². The third-order valence-electron chi connectivity index (χ3n) is 2.86. The fourth-order valence-electron chi connectivity index (χ4n) is 1.46. The quantitative estimate of drug-likeness (QED) is 0.192. The van der Waals surface area contributed by atoms with Crippen LogP contribution in [0.25, 0.3) is 0 Å². The Hall–Kier alpha value is -1.41. The van der Waals surface area contributed by atoms with Crippen molar-refractivity contribution in [1.82, 2.24) is 5.43 Å². The van der Waals surface area contributed by atoms with Gasteiger partial charge in [-0.15, -0.1) is 0 Å². The summed E-state index contributed by atoms with van der Waals surface area (Å²) >= 11 is 0. The number of rotatable bonds is 5. The summed E-state index contributed by atoms with van der Waals surface area (Å²) in [7, 11) is 0. The third-order valence-corrected chi connectivity index (χ3v) is 2.86. The Labute approximate surface area is 103 Å². The average Bonchev–Trinajstić information content (AvgIpc) is 2.32. The number of nitrogens with two attached hydrogens (primary N) is 1. The van der Waals surface area contributed by atoms with Crippen molar-refractivity contribution in [1.29, 1.82) is 0 Å². The highest BCUT2D eigenvalue weighted by molar-refractivity contribution is 5.41. The van der Waals surface area contributed by atoms with Crippen LogP contribution in [0, 0.1) is 0 Å². The van der Waals surface area contributed by atoms with Crippen LogP contribution in [0.5, 0.6) is 11.5 Å². The van der Waals surface area contributed by atoms with Gasteiger partial charge in [-0.1, -0.05) is 6.07 Å². The molecule has 0 amide bonds. The molecule has 0 aliphatic carbocycles. The van der Waals surface area contributed by atoms with Crippen molar-refractivity contribution in [3.05, 3.63) is 23.8 Å². The summed E-state index contributed by atoms with van der Waals surface area (Å²) in [6, 6.07) is 3.51. The Morgan fingerprint density at radius 2 is 1.94 bits per heavy atom. The summed E-state index contributed by atoms with van der Waals surface area (Å²) in [6.07, 6.45) is -3.74. The van der Waals surface area contributed by atoms with Gasteiger partial charge in [0, 0.05) is 6.42 Å². The first-order valence-electron chi connectivity index (χ1n) is 5.30. The first-order valence-corrected chi connectivity index (χ1v) is 5.30. The molecular weight excluding hydrogens is 243 g/mol. The molecular formula is C11H17FN2O4. The number of hydrazine groups is 1. The van der Waals surface area contributed by atoms with Crippen LogP contribution in [0.4, 0.5) is 4.39 Å². The van der Waals surface area contributed by atoms with Crippen molar-refractivity contribution in [2.75, 3.05) is 0 Å². The zero-order valence-corrected chi connectivity index (χ0v) is 9.84. The van der Waals surface area contributed by atoms with Gasteiger partial charge in [-0.3, -0.25) is 5.84 Å². The van der Waals surface area contributed by atoms with Gasteiger partial charge in [0.15, 0.2) is 17.8 Å². The van der Waals surface area contributed by atoms with Crippen molar-refractivity contribution in [2.45, 2.75) is 31.3 Å². The number of aromatic hydroxyl groups is 2. The second kappa shape index (κ2) is 5.49. The van der Waals surface area contributed by atoms with Crippen LogP contribution in [0.3, 0.4) is 0 Å². The smallest absolute Gasteiger partial charge is 0.171 e. The highest BCUT2D eigenvalue weighted by Crippen LogP contribution is 2.33. The zero-order chi connectivity index (χ0) is 13.9. The normalized spacial score (nSPS) is 16.6. The largest absolute Gasteiger partial charge is 0.504 e. The van der Waals surface area contributed by atoms with Crippen molar-refractivity contribution in [2.24, 2.45) is 5.84 Å². The van der Waals surface area contributed by atoms with Crippen molar-refractivity contribution in [3.8, 4) is 11.5 Å². The second-order valence-electron chi connectivity index (χ2n) is 4.36. The van der Waals surface area contributed by atoms with Gasteiger partial charge in [0.05, 0.1) is 5.54 Å². The fraction of sp³-hybridized carbons (Fsp3) is 0.455. The Balaban J connectivity index is 2.87. The molecule has 0 saturated heterocycles. The highest BCUT2D eigenvalue weighted by Gasteiger charge is 2.34. The molecule has 2 unspecified atom stereocenters. The predicted octanol–water partition coefficient (Wildman–Crippen LogP) is 0.0312. The average molecular weight is 260 g/mol. The SMILES string of the molecule is CC(CC(F)c1ccc(O)c(O)c1)(NN)C(O)O. The van der Waals surface area contributed by atoms with Gasteiger partial charge in [-0.25, -0.2) is 9.82 Å². The van der Waals surface area contributed by atoms with Gasteiger partial charge in [0.2, 0.25) is 0 Å². The summed E-state index contributed by atoms with van der Waals surface area (Å²) < 4.78 is 14.0. The van der Waals surface area contributed by atoms with Crippen LogP contribution < -0.4 is 11.3 Å². The van der Waals surface area contributed by atoms with E-state index < -0.39 is 23.8 Å². The maximum absolute atomic E-state index is 14.0. The van der Waals surface area contributed by atoms with E-state index >= 15 is 0 Å². The molecule has 1 aromatic carbocycles. The minimum atomic E-state index is -1.84. The number of aliphatic hydroxyl groups excluding tert-OH is 1. The second-order valence-corrected chi connectivity index (χ2v) is 4.36. The molecule has 0 fully saturated rings. The van der Waals surface area contributed by atoms with Gasteiger partial charge in [0.1, 0.15) is 6.17 Å². The molecule has 1 aromatic rings. The number of halogens is 1. The molecule has 0 bridgehead atoms. The van der Waals surface area contributed by atoms with E-state index in [0.29, 0.717) is 0 Å². The Kier molecular flexibility index (Phi) is 4.47. The van der Waals surface area contributed by atoms with E-state index in [4.69, 9.17) is 21.2 Å². The number of alkyl halides is 1. The van der Waals surface area contributed by atoms with Crippen molar-refractivity contribution < 1.29 is 24.8 Å². The Morgan fingerprint density at radius 3 is 2.39 bits per heavy atom. The summed E-state index contributed by atoms with van der Waals surface area (Å²) in [5.74, 6) is 4.37. The molecule has 1 rings (SSSR count). The summed E-state index contributed by atoms with van der Waals surface area (Å²) in [4.78, 5) is 0.